The second kappa shape index (κ2) is 6.23. The molecule has 0 saturated carbocycles. The van der Waals surface area contributed by atoms with Gasteiger partial charge in [-0.3, -0.25) is 14.3 Å². The molecule has 1 aliphatic rings. The molecule has 0 bridgehead atoms. The number of anilines is 1. The Labute approximate surface area is 129 Å². The van der Waals surface area contributed by atoms with Gasteiger partial charge in [-0.05, 0) is 20.8 Å². The van der Waals surface area contributed by atoms with Crippen molar-refractivity contribution >= 4 is 23.7 Å². The van der Waals surface area contributed by atoms with Gasteiger partial charge in [0.25, 0.3) is 0 Å². The number of carbonyl (C=O) groups is 1. The molecule has 0 atom stereocenters. The SMILES string of the molecule is Cn1c(SCC(=O)O)nnc1N1CCN(C(C)(C)C)CC1. The lowest BCUT2D eigenvalue weighted by atomic mass is 10.1. The van der Waals surface area contributed by atoms with Crippen LogP contribution in [0.4, 0.5) is 5.95 Å². The van der Waals surface area contributed by atoms with Gasteiger partial charge >= 0.3 is 5.97 Å². The minimum atomic E-state index is -0.844. The third-order valence-electron chi connectivity index (χ3n) is 3.65. The first-order chi connectivity index (χ1) is 9.79. The van der Waals surface area contributed by atoms with Gasteiger partial charge in [-0.2, -0.15) is 0 Å². The van der Waals surface area contributed by atoms with Crippen LogP contribution in [0.25, 0.3) is 0 Å². The topological polar surface area (TPSA) is 74.5 Å². The maximum Gasteiger partial charge on any atom is 0.313 e. The molecule has 0 amide bonds. The number of carboxylic acids is 1. The molecule has 0 aliphatic carbocycles. The van der Waals surface area contributed by atoms with Gasteiger partial charge in [0.15, 0.2) is 5.16 Å². The quantitative estimate of drug-likeness (QED) is 0.828. The Balaban J connectivity index is 1.99. The molecule has 118 valence electrons. The van der Waals surface area contributed by atoms with Crippen molar-refractivity contribution in [2.45, 2.75) is 31.5 Å². The first-order valence-electron chi connectivity index (χ1n) is 7.03. The van der Waals surface area contributed by atoms with E-state index in [9.17, 15) is 4.79 Å². The number of aromatic nitrogens is 3. The number of rotatable bonds is 4. The molecule has 1 aromatic rings. The molecule has 0 spiro atoms. The van der Waals surface area contributed by atoms with Crippen molar-refractivity contribution in [2.75, 3.05) is 36.8 Å². The van der Waals surface area contributed by atoms with Crippen LogP contribution in [0.1, 0.15) is 20.8 Å². The fraction of sp³-hybridized carbons (Fsp3) is 0.769. The highest BCUT2D eigenvalue weighted by atomic mass is 32.2. The summed E-state index contributed by atoms with van der Waals surface area (Å²) in [5.41, 5.74) is 0.189. The fourth-order valence-corrected chi connectivity index (χ4v) is 3.04. The molecule has 1 aliphatic heterocycles. The molecule has 2 heterocycles. The Morgan fingerprint density at radius 1 is 1.24 bits per heavy atom. The summed E-state index contributed by atoms with van der Waals surface area (Å²) < 4.78 is 1.88. The largest absolute Gasteiger partial charge is 0.481 e. The summed E-state index contributed by atoms with van der Waals surface area (Å²) in [6, 6.07) is 0. The van der Waals surface area contributed by atoms with Crippen LogP contribution < -0.4 is 4.90 Å². The Bertz CT molecular complexity index is 503. The summed E-state index contributed by atoms with van der Waals surface area (Å²) in [4.78, 5) is 15.3. The van der Waals surface area contributed by atoms with E-state index in [-0.39, 0.29) is 11.3 Å². The number of nitrogens with zero attached hydrogens (tertiary/aromatic N) is 5. The highest BCUT2D eigenvalue weighted by Crippen LogP contribution is 2.23. The summed E-state index contributed by atoms with van der Waals surface area (Å²) in [7, 11) is 1.88. The van der Waals surface area contributed by atoms with E-state index < -0.39 is 5.97 Å². The predicted molar refractivity (Wildman–Crippen MR) is 82.9 cm³/mol. The predicted octanol–water partition coefficient (Wildman–Crippen LogP) is 0.912. The zero-order valence-electron chi connectivity index (χ0n) is 13.0. The average Bonchev–Trinajstić information content (AvgIpc) is 2.77. The lowest BCUT2D eigenvalue weighted by Crippen LogP contribution is -2.53. The van der Waals surface area contributed by atoms with Crippen molar-refractivity contribution in [1.82, 2.24) is 19.7 Å². The number of piperazine rings is 1. The van der Waals surface area contributed by atoms with E-state index >= 15 is 0 Å². The molecular weight excluding hydrogens is 290 g/mol. The summed E-state index contributed by atoms with van der Waals surface area (Å²) in [5.74, 6) is -0.0242. The Morgan fingerprint density at radius 3 is 2.38 bits per heavy atom. The van der Waals surface area contributed by atoms with Crippen LogP contribution in [-0.2, 0) is 11.8 Å². The summed E-state index contributed by atoms with van der Waals surface area (Å²) in [5, 5.41) is 17.7. The van der Waals surface area contributed by atoms with E-state index in [2.05, 4.69) is 40.8 Å². The van der Waals surface area contributed by atoms with Gasteiger partial charge in [0.2, 0.25) is 5.95 Å². The maximum absolute atomic E-state index is 10.6. The summed E-state index contributed by atoms with van der Waals surface area (Å²) >= 11 is 1.20. The van der Waals surface area contributed by atoms with Gasteiger partial charge in [-0.25, -0.2) is 0 Å². The van der Waals surface area contributed by atoms with Crippen molar-refractivity contribution in [1.29, 1.82) is 0 Å². The lowest BCUT2D eigenvalue weighted by Gasteiger charge is -2.42. The molecule has 1 fully saturated rings. The van der Waals surface area contributed by atoms with E-state index in [4.69, 9.17) is 5.11 Å². The molecule has 0 aromatic carbocycles. The lowest BCUT2D eigenvalue weighted by molar-refractivity contribution is -0.133. The number of aliphatic carboxylic acids is 1. The normalized spacial score (nSPS) is 17.2. The highest BCUT2D eigenvalue weighted by Gasteiger charge is 2.27. The smallest absolute Gasteiger partial charge is 0.313 e. The van der Waals surface area contributed by atoms with E-state index in [1.807, 2.05) is 11.6 Å². The third-order valence-corrected chi connectivity index (χ3v) is 4.65. The zero-order valence-corrected chi connectivity index (χ0v) is 13.9. The van der Waals surface area contributed by atoms with Gasteiger partial charge in [0, 0.05) is 38.8 Å². The second-order valence-corrected chi connectivity index (χ2v) is 7.11. The summed E-state index contributed by atoms with van der Waals surface area (Å²) in [6.45, 7) is 10.5. The molecule has 1 N–H and O–H groups in total. The minimum absolute atomic E-state index is 0.00375. The van der Waals surface area contributed by atoms with E-state index in [0.717, 1.165) is 32.1 Å². The van der Waals surface area contributed by atoms with E-state index in [1.54, 1.807) is 0 Å². The standard InChI is InChI=1S/C13H23N5O2S/c1-13(2,3)18-7-5-17(6-8-18)11-14-15-12(16(11)4)21-9-10(19)20/h5-9H2,1-4H3,(H,19,20). The molecule has 1 saturated heterocycles. The van der Waals surface area contributed by atoms with Crippen molar-refractivity contribution in [2.24, 2.45) is 7.05 Å². The van der Waals surface area contributed by atoms with Crippen LogP contribution in [0.5, 0.6) is 0 Å². The molecular formula is C13H23N5O2S. The number of thioether (sulfide) groups is 1. The average molecular weight is 313 g/mol. The summed E-state index contributed by atoms with van der Waals surface area (Å²) in [6.07, 6.45) is 0. The van der Waals surface area contributed by atoms with Crippen LogP contribution in [0.15, 0.2) is 5.16 Å². The molecule has 0 unspecified atom stereocenters. The van der Waals surface area contributed by atoms with Crippen molar-refractivity contribution in [3.8, 4) is 0 Å². The molecule has 1 aromatic heterocycles. The second-order valence-electron chi connectivity index (χ2n) is 6.17. The molecule has 8 heteroatoms. The van der Waals surface area contributed by atoms with Crippen LogP contribution in [0.2, 0.25) is 0 Å². The highest BCUT2D eigenvalue weighted by molar-refractivity contribution is 7.99. The van der Waals surface area contributed by atoms with Crippen LogP contribution in [0, 0.1) is 0 Å². The van der Waals surface area contributed by atoms with Crippen molar-refractivity contribution < 1.29 is 9.90 Å². The van der Waals surface area contributed by atoms with Crippen LogP contribution in [-0.4, -0.2) is 68.2 Å². The minimum Gasteiger partial charge on any atom is -0.481 e. The Hall–Kier alpha value is -1.28. The Morgan fingerprint density at radius 2 is 1.86 bits per heavy atom. The van der Waals surface area contributed by atoms with Gasteiger partial charge < -0.3 is 10.0 Å². The molecule has 7 nitrogen and oxygen atoms in total. The number of carboxylic acid groups (broad SMARTS) is 1. The Kier molecular flexibility index (Phi) is 4.77. The zero-order chi connectivity index (χ0) is 15.6. The van der Waals surface area contributed by atoms with Gasteiger partial charge in [0.1, 0.15) is 0 Å². The van der Waals surface area contributed by atoms with E-state index in [0.29, 0.717) is 5.16 Å². The first-order valence-corrected chi connectivity index (χ1v) is 8.01. The van der Waals surface area contributed by atoms with E-state index in [1.165, 1.54) is 11.8 Å². The number of hydrogen-bond donors (Lipinski definition) is 1. The van der Waals surface area contributed by atoms with Crippen molar-refractivity contribution in [3.63, 3.8) is 0 Å². The molecule has 21 heavy (non-hydrogen) atoms. The van der Waals surface area contributed by atoms with Crippen molar-refractivity contribution in [3.05, 3.63) is 0 Å². The van der Waals surface area contributed by atoms with Gasteiger partial charge in [-0.1, -0.05) is 11.8 Å². The van der Waals surface area contributed by atoms with Crippen LogP contribution in [0.3, 0.4) is 0 Å². The molecule has 0 radical (unpaired) electrons. The monoisotopic (exact) mass is 313 g/mol. The number of hydrogen-bond acceptors (Lipinski definition) is 6. The molecule has 2 rings (SSSR count). The third kappa shape index (κ3) is 3.88. The van der Waals surface area contributed by atoms with Gasteiger partial charge in [0.05, 0.1) is 5.75 Å². The maximum atomic E-state index is 10.6. The first kappa shape index (κ1) is 16.1. The fourth-order valence-electron chi connectivity index (χ4n) is 2.41. The van der Waals surface area contributed by atoms with Crippen LogP contribution >= 0.6 is 11.8 Å². The van der Waals surface area contributed by atoms with Gasteiger partial charge in [-0.15, -0.1) is 10.2 Å².